The van der Waals surface area contributed by atoms with E-state index in [0.717, 1.165) is 22.8 Å². The standard InChI is InChI=1S/C14H18O3S/c15-8-3-5-13-6-7-14(18-13)11-16-10-12-4-1-2-9-17-12/h6-7,12,15H,1-2,4,8-11H2. The number of aliphatic hydroxyl groups is 1. The minimum atomic E-state index is -0.0945. The van der Waals surface area contributed by atoms with Crippen LogP contribution in [-0.4, -0.2) is 31.0 Å². The molecule has 4 heteroatoms. The van der Waals surface area contributed by atoms with Crippen molar-refractivity contribution in [2.24, 2.45) is 0 Å². The third-order valence-electron chi connectivity index (χ3n) is 2.77. The Hall–Kier alpha value is -0.860. The zero-order valence-electron chi connectivity index (χ0n) is 10.4. The first-order chi connectivity index (χ1) is 8.88. The van der Waals surface area contributed by atoms with Gasteiger partial charge in [0.25, 0.3) is 0 Å². The van der Waals surface area contributed by atoms with Gasteiger partial charge in [-0.15, -0.1) is 11.3 Å². The Morgan fingerprint density at radius 3 is 3.17 bits per heavy atom. The summed E-state index contributed by atoms with van der Waals surface area (Å²) in [6, 6.07) is 3.98. The van der Waals surface area contributed by atoms with Crippen LogP contribution in [0.1, 0.15) is 29.0 Å². The zero-order chi connectivity index (χ0) is 12.6. The van der Waals surface area contributed by atoms with Crippen LogP contribution in [-0.2, 0) is 16.1 Å². The summed E-state index contributed by atoms with van der Waals surface area (Å²) in [6.07, 6.45) is 3.80. The smallest absolute Gasteiger partial charge is 0.104 e. The van der Waals surface area contributed by atoms with E-state index in [9.17, 15) is 0 Å². The van der Waals surface area contributed by atoms with E-state index in [-0.39, 0.29) is 12.7 Å². The average molecular weight is 266 g/mol. The summed E-state index contributed by atoms with van der Waals surface area (Å²) in [4.78, 5) is 2.13. The topological polar surface area (TPSA) is 38.7 Å². The molecule has 0 saturated carbocycles. The first kappa shape index (κ1) is 13.6. The first-order valence-corrected chi connectivity index (χ1v) is 7.08. The van der Waals surface area contributed by atoms with Gasteiger partial charge in [0.15, 0.2) is 0 Å². The molecule has 0 aromatic carbocycles. The van der Waals surface area contributed by atoms with Crippen molar-refractivity contribution in [1.29, 1.82) is 0 Å². The van der Waals surface area contributed by atoms with E-state index in [2.05, 4.69) is 11.8 Å². The highest BCUT2D eigenvalue weighted by Gasteiger charge is 2.13. The summed E-state index contributed by atoms with van der Waals surface area (Å²) in [7, 11) is 0. The summed E-state index contributed by atoms with van der Waals surface area (Å²) < 4.78 is 11.3. The van der Waals surface area contributed by atoms with Gasteiger partial charge >= 0.3 is 0 Å². The number of hydrogen-bond donors (Lipinski definition) is 1. The van der Waals surface area contributed by atoms with E-state index in [0.29, 0.717) is 13.2 Å². The van der Waals surface area contributed by atoms with Crippen LogP contribution in [0.4, 0.5) is 0 Å². The normalized spacial score (nSPS) is 19.3. The van der Waals surface area contributed by atoms with E-state index >= 15 is 0 Å². The number of ether oxygens (including phenoxy) is 2. The van der Waals surface area contributed by atoms with Crippen molar-refractivity contribution in [2.75, 3.05) is 19.8 Å². The molecule has 0 amide bonds. The van der Waals surface area contributed by atoms with Gasteiger partial charge in [-0.3, -0.25) is 0 Å². The molecule has 1 aliphatic rings. The molecule has 3 nitrogen and oxygen atoms in total. The summed E-state index contributed by atoms with van der Waals surface area (Å²) >= 11 is 1.61. The summed E-state index contributed by atoms with van der Waals surface area (Å²) in [5.74, 6) is 5.53. The van der Waals surface area contributed by atoms with Crippen molar-refractivity contribution >= 4 is 11.3 Å². The lowest BCUT2D eigenvalue weighted by atomic mass is 10.1. The Morgan fingerprint density at radius 2 is 2.39 bits per heavy atom. The van der Waals surface area contributed by atoms with E-state index < -0.39 is 0 Å². The fourth-order valence-electron chi connectivity index (χ4n) is 1.88. The quantitative estimate of drug-likeness (QED) is 0.849. The maximum atomic E-state index is 8.61. The van der Waals surface area contributed by atoms with Gasteiger partial charge < -0.3 is 14.6 Å². The van der Waals surface area contributed by atoms with E-state index in [1.807, 2.05) is 12.1 Å². The summed E-state index contributed by atoms with van der Waals surface area (Å²) in [5.41, 5.74) is 0. The Morgan fingerprint density at radius 1 is 1.44 bits per heavy atom. The summed E-state index contributed by atoms with van der Waals surface area (Å²) in [6.45, 7) is 2.07. The van der Waals surface area contributed by atoms with Crippen molar-refractivity contribution in [3.63, 3.8) is 0 Å². The van der Waals surface area contributed by atoms with Crippen LogP contribution in [0.25, 0.3) is 0 Å². The third kappa shape index (κ3) is 4.43. The predicted octanol–water partition coefficient (Wildman–Crippen LogP) is 2.18. The molecule has 0 aliphatic carbocycles. The number of rotatable bonds is 4. The Labute approximate surface area is 112 Å². The van der Waals surface area contributed by atoms with Gasteiger partial charge in [-0.1, -0.05) is 11.8 Å². The highest BCUT2D eigenvalue weighted by atomic mass is 32.1. The van der Waals surface area contributed by atoms with Gasteiger partial charge in [0.1, 0.15) is 6.61 Å². The molecular formula is C14H18O3S. The van der Waals surface area contributed by atoms with Crippen LogP contribution in [0.3, 0.4) is 0 Å². The number of aliphatic hydroxyl groups excluding tert-OH is 1. The van der Waals surface area contributed by atoms with Crippen LogP contribution >= 0.6 is 11.3 Å². The largest absolute Gasteiger partial charge is 0.384 e. The second-order valence-corrected chi connectivity index (χ2v) is 5.40. The van der Waals surface area contributed by atoms with Gasteiger partial charge in [0.2, 0.25) is 0 Å². The van der Waals surface area contributed by atoms with Crippen molar-refractivity contribution < 1.29 is 14.6 Å². The fraction of sp³-hybridized carbons (Fsp3) is 0.571. The molecule has 0 bridgehead atoms. The Kier molecular flexibility index (Phi) is 5.69. The van der Waals surface area contributed by atoms with Gasteiger partial charge in [0.05, 0.1) is 24.2 Å². The molecule has 1 aromatic heterocycles. The molecule has 1 N–H and O–H groups in total. The molecular weight excluding hydrogens is 248 g/mol. The lowest BCUT2D eigenvalue weighted by Crippen LogP contribution is -2.24. The molecule has 18 heavy (non-hydrogen) atoms. The molecule has 0 radical (unpaired) electrons. The molecule has 1 aromatic rings. The molecule has 0 spiro atoms. The second kappa shape index (κ2) is 7.55. The first-order valence-electron chi connectivity index (χ1n) is 6.26. The molecule has 1 fully saturated rings. The second-order valence-electron chi connectivity index (χ2n) is 4.23. The summed E-state index contributed by atoms with van der Waals surface area (Å²) in [5, 5.41) is 8.61. The van der Waals surface area contributed by atoms with Crippen molar-refractivity contribution in [3.8, 4) is 11.8 Å². The third-order valence-corrected chi connectivity index (χ3v) is 3.75. The number of thiophene rings is 1. The van der Waals surface area contributed by atoms with Gasteiger partial charge in [0, 0.05) is 11.5 Å². The zero-order valence-corrected chi connectivity index (χ0v) is 11.2. The van der Waals surface area contributed by atoms with Crippen LogP contribution in [0.2, 0.25) is 0 Å². The molecule has 1 atom stereocenters. The van der Waals surface area contributed by atoms with Gasteiger partial charge in [-0.05, 0) is 31.4 Å². The predicted molar refractivity (Wildman–Crippen MR) is 71.5 cm³/mol. The van der Waals surface area contributed by atoms with Crippen molar-refractivity contribution in [1.82, 2.24) is 0 Å². The van der Waals surface area contributed by atoms with E-state index in [1.54, 1.807) is 11.3 Å². The van der Waals surface area contributed by atoms with Crippen LogP contribution < -0.4 is 0 Å². The van der Waals surface area contributed by atoms with Crippen LogP contribution in [0.15, 0.2) is 12.1 Å². The average Bonchev–Trinajstić information content (AvgIpc) is 2.85. The maximum absolute atomic E-state index is 8.61. The Balaban J connectivity index is 1.71. The van der Waals surface area contributed by atoms with Gasteiger partial charge in [-0.25, -0.2) is 0 Å². The van der Waals surface area contributed by atoms with Crippen LogP contribution in [0.5, 0.6) is 0 Å². The highest BCUT2D eigenvalue weighted by Crippen LogP contribution is 2.18. The van der Waals surface area contributed by atoms with Crippen molar-refractivity contribution in [3.05, 3.63) is 21.9 Å². The maximum Gasteiger partial charge on any atom is 0.104 e. The molecule has 1 saturated heterocycles. The fourth-order valence-corrected chi connectivity index (χ4v) is 2.70. The van der Waals surface area contributed by atoms with Crippen molar-refractivity contribution in [2.45, 2.75) is 32.0 Å². The molecule has 1 unspecified atom stereocenters. The Bertz CT molecular complexity index is 410. The SMILES string of the molecule is OCC#Cc1ccc(COCC2CCCCO2)s1. The minimum Gasteiger partial charge on any atom is -0.384 e. The molecule has 1 aliphatic heterocycles. The lowest BCUT2D eigenvalue weighted by molar-refractivity contribution is -0.0443. The highest BCUT2D eigenvalue weighted by molar-refractivity contribution is 7.12. The molecule has 2 heterocycles. The minimum absolute atomic E-state index is 0.0945. The van der Waals surface area contributed by atoms with E-state index in [4.69, 9.17) is 14.6 Å². The van der Waals surface area contributed by atoms with Gasteiger partial charge in [-0.2, -0.15) is 0 Å². The lowest BCUT2D eigenvalue weighted by Gasteiger charge is -2.22. The molecule has 98 valence electrons. The number of hydrogen-bond acceptors (Lipinski definition) is 4. The van der Waals surface area contributed by atoms with E-state index in [1.165, 1.54) is 12.8 Å². The van der Waals surface area contributed by atoms with Crippen LogP contribution in [0, 0.1) is 11.8 Å². The monoisotopic (exact) mass is 266 g/mol. The molecule has 2 rings (SSSR count).